The summed E-state index contributed by atoms with van der Waals surface area (Å²) in [7, 11) is 0. The van der Waals surface area contributed by atoms with Gasteiger partial charge in [-0.3, -0.25) is 9.59 Å². The predicted molar refractivity (Wildman–Crippen MR) is 149 cm³/mol. The Kier molecular flexibility index (Phi) is 8.42. The number of H-pyrrole nitrogens is 1. The maximum Gasteiger partial charge on any atom is 0.305 e. The molecule has 2 N–H and O–H groups in total. The van der Waals surface area contributed by atoms with Gasteiger partial charge in [0.2, 0.25) is 5.91 Å². The maximum atomic E-state index is 14.3. The summed E-state index contributed by atoms with van der Waals surface area (Å²) in [5.41, 5.74) is 1.92. The van der Waals surface area contributed by atoms with Crippen molar-refractivity contribution >= 4 is 38.8 Å². The lowest BCUT2D eigenvalue weighted by Gasteiger charge is -2.46. The molecule has 0 radical (unpaired) electrons. The predicted octanol–water partition coefficient (Wildman–Crippen LogP) is 5.68. The molecule has 1 heterocycles. The summed E-state index contributed by atoms with van der Waals surface area (Å²) in [4.78, 5) is 35.0. The maximum absolute atomic E-state index is 14.3. The fourth-order valence-electron chi connectivity index (χ4n) is 5.73. The van der Waals surface area contributed by atoms with Crippen LogP contribution in [0.3, 0.4) is 0 Å². The lowest BCUT2D eigenvalue weighted by molar-refractivity contribution is -0.137. The highest BCUT2D eigenvalue weighted by Gasteiger charge is 2.37. The van der Waals surface area contributed by atoms with Crippen molar-refractivity contribution in [2.24, 2.45) is 0 Å². The van der Waals surface area contributed by atoms with Gasteiger partial charge in [0.15, 0.2) is 0 Å². The Bertz CT molecular complexity index is 1290. The number of thiazole rings is 1. The molecule has 0 spiro atoms. The van der Waals surface area contributed by atoms with Gasteiger partial charge in [0.1, 0.15) is 29.3 Å². The highest BCUT2D eigenvalue weighted by Crippen LogP contribution is 2.36. The molecule has 1 amide bonds. The summed E-state index contributed by atoms with van der Waals surface area (Å²) >= 11 is 1.06. The Morgan fingerprint density at radius 1 is 1.11 bits per heavy atom. The number of benzene rings is 2. The van der Waals surface area contributed by atoms with Gasteiger partial charge in [-0.1, -0.05) is 36.7 Å². The van der Waals surface area contributed by atoms with Gasteiger partial charge in [-0.15, -0.1) is 0 Å². The second-order valence-electron chi connectivity index (χ2n) is 9.72. The molecule has 37 heavy (non-hydrogen) atoms. The van der Waals surface area contributed by atoms with Gasteiger partial charge in [0.25, 0.3) is 0 Å². The first-order chi connectivity index (χ1) is 17.8. The van der Waals surface area contributed by atoms with Gasteiger partial charge < -0.3 is 24.8 Å². The van der Waals surface area contributed by atoms with Crippen LogP contribution >= 0.6 is 11.3 Å². The van der Waals surface area contributed by atoms with E-state index in [4.69, 9.17) is 0 Å². The number of halogens is 1. The van der Waals surface area contributed by atoms with Gasteiger partial charge in [0, 0.05) is 24.8 Å². The topological polar surface area (TPSA) is 79.9 Å². The highest BCUT2D eigenvalue weighted by molar-refractivity contribution is 7.17. The van der Waals surface area contributed by atoms with Crippen LogP contribution in [0.5, 0.6) is 5.75 Å². The molecule has 9 heteroatoms. The van der Waals surface area contributed by atoms with E-state index < -0.39 is 6.04 Å². The van der Waals surface area contributed by atoms with Crippen molar-refractivity contribution in [2.75, 3.05) is 22.9 Å². The zero-order valence-electron chi connectivity index (χ0n) is 22.0. The molecule has 1 aromatic heterocycles. The summed E-state index contributed by atoms with van der Waals surface area (Å²) < 4.78 is 14.7. The number of nitrogens with zero attached hydrogens (tertiary/aromatic N) is 3. The molecule has 4 rings (SSSR count). The van der Waals surface area contributed by atoms with Crippen molar-refractivity contribution in [1.82, 2.24) is 9.88 Å². The van der Waals surface area contributed by atoms with E-state index in [2.05, 4.69) is 9.88 Å². The van der Waals surface area contributed by atoms with Crippen LogP contribution in [0.1, 0.15) is 59.8 Å². The van der Waals surface area contributed by atoms with Crippen molar-refractivity contribution in [1.29, 1.82) is 0 Å². The number of hydrogen-bond acceptors (Lipinski definition) is 6. The normalized spacial score (nSPS) is 15.9. The fourth-order valence-corrected chi connectivity index (χ4v) is 6.62. The van der Waals surface area contributed by atoms with Crippen LogP contribution in [-0.4, -0.2) is 52.2 Å². The molecule has 0 bridgehead atoms. The monoisotopic (exact) mass is 528 g/mol. The molecule has 7 nitrogen and oxygen atoms in total. The third-order valence-electron chi connectivity index (χ3n) is 7.57. The molecule has 1 aliphatic rings. The van der Waals surface area contributed by atoms with Gasteiger partial charge in [0.05, 0.1) is 10.4 Å². The summed E-state index contributed by atoms with van der Waals surface area (Å²) in [5, 5.41) is 10.3. The number of carbonyl (C=O) groups excluding carboxylic acids is 1. The molecule has 2 aromatic carbocycles. The Hall–Kier alpha value is -3.07. The van der Waals surface area contributed by atoms with Crippen LogP contribution in [0.4, 0.5) is 15.8 Å². The number of fused-ring (bicyclic) bond motifs is 1. The van der Waals surface area contributed by atoms with Crippen LogP contribution in [0, 0.1) is 5.82 Å². The molecule has 2 atom stereocenters. The molecule has 200 valence electrons. The third-order valence-corrected chi connectivity index (χ3v) is 8.47. The van der Waals surface area contributed by atoms with E-state index in [1.165, 1.54) is 18.6 Å². The molecule has 0 saturated heterocycles. The standard InChI is InChI=1S/C28H37FN4O3S/c1-5-31(22-14-10-11-20(29)17-22)18(3)27(35)33(21-12-8-7-9-13-21)19(4)32(6-2)23-15-16-24(34)25-26(23)37-28(36)30-25/h10-11,14-19,21,34H,5-9,12-13H2,1-4H3,(H,30,36). The first-order valence-electron chi connectivity index (χ1n) is 13.2. The molecule has 1 fully saturated rings. The molecule has 2 unspecified atom stereocenters. The van der Waals surface area contributed by atoms with Crippen molar-refractivity contribution in [3.8, 4) is 5.75 Å². The first kappa shape index (κ1) is 27.0. The average Bonchev–Trinajstić information content (AvgIpc) is 3.29. The molecular weight excluding hydrogens is 491 g/mol. The summed E-state index contributed by atoms with van der Waals surface area (Å²) in [6.07, 6.45) is 4.90. The van der Waals surface area contributed by atoms with E-state index in [-0.39, 0.29) is 34.6 Å². The number of likely N-dealkylation sites (N-methyl/N-ethyl adjacent to an activating group) is 1. The van der Waals surface area contributed by atoms with E-state index in [9.17, 15) is 19.1 Å². The molecular formula is C28H37FN4O3S. The number of amides is 1. The van der Waals surface area contributed by atoms with Gasteiger partial charge >= 0.3 is 4.87 Å². The van der Waals surface area contributed by atoms with E-state index in [1.54, 1.807) is 12.1 Å². The number of phenols is 1. The molecule has 0 aliphatic heterocycles. The van der Waals surface area contributed by atoms with E-state index >= 15 is 0 Å². The number of rotatable bonds is 9. The van der Waals surface area contributed by atoms with Crippen LogP contribution in [0.25, 0.3) is 10.2 Å². The number of carbonyl (C=O) groups is 1. The van der Waals surface area contributed by atoms with E-state index in [1.807, 2.05) is 49.6 Å². The van der Waals surface area contributed by atoms with Gasteiger partial charge in [-0.05, 0) is 70.9 Å². The van der Waals surface area contributed by atoms with E-state index in [0.717, 1.165) is 42.7 Å². The number of nitrogens with one attached hydrogen (secondary N) is 1. The second kappa shape index (κ2) is 11.5. The summed E-state index contributed by atoms with van der Waals surface area (Å²) in [6, 6.07) is 9.41. The Labute approximate surface area is 221 Å². The Morgan fingerprint density at radius 3 is 2.46 bits per heavy atom. The number of aromatic amines is 1. The average molecular weight is 529 g/mol. The number of anilines is 2. The van der Waals surface area contributed by atoms with E-state index in [0.29, 0.717) is 29.0 Å². The fraction of sp³-hybridized carbons (Fsp3) is 0.500. The molecule has 3 aromatic rings. The number of hydrogen-bond donors (Lipinski definition) is 2. The lowest BCUT2D eigenvalue weighted by Crippen LogP contribution is -2.59. The van der Waals surface area contributed by atoms with Gasteiger partial charge in [-0.2, -0.15) is 0 Å². The Balaban J connectivity index is 1.72. The quantitative estimate of drug-likeness (QED) is 0.349. The van der Waals surface area contributed by atoms with Crippen molar-refractivity contribution in [3.05, 3.63) is 51.9 Å². The van der Waals surface area contributed by atoms with Crippen LogP contribution in [0.2, 0.25) is 0 Å². The minimum atomic E-state index is -0.488. The SMILES string of the molecule is CCN(c1cccc(F)c1)C(C)C(=O)N(C1CCCCC1)C(C)N(CC)c1ccc(O)c2[nH]c(=O)sc12. The largest absolute Gasteiger partial charge is 0.506 e. The van der Waals surface area contributed by atoms with Gasteiger partial charge in [-0.25, -0.2) is 4.39 Å². The minimum absolute atomic E-state index is 0.00115. The zero-order chi connectivity index (χ0) is 26.7. The smallest absolute Gasteiger partial charge is 0.305 e. The van der Waals surface area contributed by atoms with Crippen molar-refractivity contribution in [3.63, 3.8) is 0 Å². The summed E-state index contributed by atoms with van der Waals surface area (Å²) in [5.74, 6) is -0.295. The minimum Gasteiger partial charge on any atom is -0.506 e. The number of aromatic hydroxyl groups is 1. The zero-order valence-corrected chi connectivity index (χ0v) is 22.9. The highest BCUT2D eigenvalue weighted by atomic mass is 32.1. The third kappa shape index (κ3) is 5.46. The van der Waals surface area contributed by atoms with Crippen molar-refractivity contribution < 1.29 is 14.3 Å². The number of phenolic OH excluding ortho intramolecular Hbond substituents is 1. The van der Waals surface area contributed by atoms with Crippen LogP contribution < -0.4 is 14.7 Å². The van der Waals surface area contributed by atoms with Crippen LogP contribution in [-0.2, 0) is 4.79 Å². The molecule has 1 aliphatic carbocycles. The van der Waals surface area contributed by atoms with Crippen molar-refractivity contribution in [2.45, 2.75) is 78.0 Å². The Morgan fingerprint density at radius 2 is 1.81 bits per heavy atom. The first-order valence-corrected chi connectivity index (χ1v) is 14.0. The molecule has 1 saturated carbocycles. The lowest BCUT2D eigenvalue weighted by atomic mass is 9.93. The number of aromatic nitrogens is 1. The van der Waals surface area contributed by atoms with Crippen LogP contribution in [0.15, 0.2) is 41.2 Å². The summed E-state index contributed by atoms with van der Waals surface area (Å²) in [6.45, 7) is 9.11. The second-order valence-corrected chi connectivity index (χ2v) is 10.7.